The summed E-state index contributed by atoms with van der Waals surface area (Å²) in [6.45, 7) is 8.75. The molecule has 1 fully saturated rings. The van der Waals surface area contributed by atoms with Gasteiger partial charge in [-0.25, -0.2) is 4.39 Å². The van der Waals surface area contributed by atoms with Crippen molar-refractivity contribution in [1.82, 2.24) is 4.90 Å². The van der Waals surface area contributed by atoms with Gasteiger partial charge in [-0.3, -0.25) is 4.90 Å². The molecule has 1 unspecified atom stereocenters. The zero-order chi connectivity index (χ0) is 13.3. The van der Waals surface area contributed by atoms with Crippen molar-refractivity contribution in [2.45, 2.75) is 39.0 Å². The van der Waals surface area contributed by atoms with Gasteiger partial charge >= 0.3 is 0 Å². The number of hydrogen-bond donors (Lipinski definition) is 0. The topological polar surface area (TPSA) is 12.5 Å². The normalized spacial score (nSPS) is 24.2. The minimum atomic E-state index is -0.201. The Labute approximate surface area is 116 Å². The number of halogens is 2. The Balaban J connectivity index is 2.11. The van der Waals surface area contributed by atoms with Gasteiger partial charge in [-0.05, 0) is 48.3 Å². The third kappa shape index (κ3) is 3.31. The van der Waals surface area contributed by atoms with Crippen molar-refractivity contribution in [1.29, 1.82) is 0 Å². The van der Waals surface area contributed by atoms with E-state index in [1.165, 1.54) is 6.07 Å². The molecule has 1 atom stereocenters. The number of hydrogen-bond acceptors (Lipinski definition) is 2. The number of morpholine rings is 1. The van der Waals surface area contributed by atoms with Gasteiger partial charge in [-0.2, -0.15) is 0 Å². The molecular formula is C14H19BrFNO. The van der Waals surface area contributed by atoms with E-state index in [0.29, 0.717) is 4.47 Å². The Kier molecular flexibility index (Phi) is 4.09. The lowest BCUT2D eigenvalue weighted by Crippen LogP contribution is -2.51. The first kappa shape index (κ1) is 14.0. The van der Waals surface area contributed by atoms with Crippen LogP contribution < -0.4 is 0 Å². The molecule has 1 aliphatic rings. The van der Waals surface area contributed by atoms with Crippen LogP contribution in [0.5, 0.6) is 0 Å². The molecule has 0 aliphatic carbocycles. The molecule has 2 nitrogen and oxygen atoms in total. The largest absolute Gasteiger partial charge is 0.370 e. The first-order valence-electron chi connectivity index (χ1n) is 6.20. The standard InChI is InChI=1S/C14H19BrFNO/c1-10-7-17(9-14(2,3)18-10)8-11-5-4-6-12(16)13(11)15/h4-6,10H,7-9H2,1-3H3. The maximum atomic E-state index is 13.5. The van der Waals surface area contributed by atoms with Crippen LogP contribution in [-0.4, -0.2) is 29.7 Å². The summed E-state index contributed by atoms with van der Waals surface area (Å²) in [5.74, 6) is -0.201. The minimum absolute atomic E-state index is 0.141. The maximum absolute atomic E-state index is 13.5. The van der Waals surface area contributed by atoms with Gasteiger partial charge in [0.05, 0.1) is 16.2 Å². The van der Waals surface area contributed by atoms with Gasteiger partial charge < -0.3 is 4.74 Å². The van der Waals surface area contributed by atoms with Crippen molar-refractivity contribution in [3.8, 4) is 0 Å². The van der Waals surface area contributed by atoms with Crippen molar-refractivity contribution >= 4 is 15.9 Å². The molecule has 0 aromatic heterocycles. The Bertz CT molecular complexity index is 436. The second-order valence-corrected chi connectivity index (χ2v) is 6.36. The SMILES string of the molecule is CC1CN(Cc2cccc(F)c2Br)CC(C)(C)O1. The molecular weight excluding hydrogens is 297 g/mol. The van der Waals surface area contributed by atoms with Crippen LogP contribution in [-0.2, 0) is 11.3 Å². The zero-order valence-electron chi connectivity index (χ0n) is 11.0. The molecule has 100 valence electrons. The second kappa shape index (κ2) is 5.27. The molecule has 0 spiro atoms. The van der Waals surface area contributed by atoms with Crippen LogP contribution in [0.1, 0.15) is 26.3 Å². The molecule has 0 amide bonds. The highest BCUT2D eigenvalue weighted by atomic mass is 79.9. The van der Waals surface area contributed by atoms with E-state index in [4.69, 9.17) is 4.74 Å². The lowest BCUT2D eigenvalue weighted by atomic mass is 10.0. The Morgan fingerprint density at radius 3 is 2.89 bits per heavy atom. The highest BCUT2D eigenvalue weighted by Crippen LogP contribution is 2.26. The van der Waals surface area contributed by atoms with Gasteiger partial charge in [-0.1, -0.05) is 12.1 Å². The highest BCUT2D eigenvalue weighted by molar-refractivity contribution is 9.10. The van der Waals surface area contributed by atoms with Crippen LogP contribution in [0.2, 0.25) is 0 Å². The predicted octanol–water partition coefficient (Wildman–Crippen LogP) is 3.59. The summed E-state index contributed by atoms with van der Waals surface area (Å²) in [6, 6.07) is 5.18. The molecule has 1 aliphatic heterocycles. The summed E-state index contributed by atoms with van der Waals surface area (Å²) < 4.78 is 19.9. The van der Waals surface area contributed by atoms with Crippen LogP contribution in [0, 0.1) is 5.82 Å². The van der Waals surface area contributed by atoms with E-state index in [1.54, 1.807) is 6.07 Å². The number of ether oxygens (including phenoxy) is 1. The first-order valence-corrected chi connectivity index (χ1v) is 7.00. The molecule has 18 heavy (non-hydrogen) atoms. The molecule has 4 heteroatoms. The van der Waals surface area contributed by atoms with E-state index in [2.05, 4.69) is 41.6 Å². The van der Waals surface area contributed by atoms with Crippen LogP contribution >= 0.6 is 15.9 Å². The summed E-state index contributed by atoms with van der Waals surface area (Å²) in [4.78, 5) is 2.31. The third-order valence-electron chi connectivity index (χ3n) is 3.07. The van der Waals surface area contributed by atoms with Crippen LogP contribution in [0.15, 0.2) is 22.7 Å². The van der Waals surface area contributed by atoms with Gasteiger partial charge in [-0.15, -0.1) is 0 Å². The van der Waals surface area contributed by atoms with Crippen molar-refractivity contribution in [3.05, 3.63) is 34.1 Å². The molecule has 2 rings (SSSR count). The second-order valence-electron chi connectivity index (χ2n) is 5.57. The summed E-state index contributed by atoms with van der Waals surface area (Å²) in [5.41, 5.74) is 0.845. The lowest BCUT2D eigenvalue weighted by Gasteiger charge is -2.41. The van der Waals surface area contributed by atoms with E-state index in [-0.39, 0.29) is 17.5 Å². The van der Waals surface area contributed by atoms with Gasteiger partial charge in [0.1, 0.15) is 5.82 Å². The summed E-state index contributed by atoms with van der Waals surface area (Å²) in [5, 5.41) is 0. The van der Waals surface area contributed by atoms with E-state index in [0.717, 1.165) is 25.2 Å². The van der Waals surface area contributed by atoms with Gasteiger partial charge in [0.25, 0.3) is 0 Å². The van der Waals surface area contributed by atoms with E-state index < -0.39 is 0 Å². The quantitative estimate of drug-likeness (QED) is 0.827. The van der Waals surface area contributed by atoms with Crippen molar-refractivity contribution in [3.63, 3.8) is 0 Å². The van der Waals surface area contributed by atoms with Gasteiger partial charge in [0.2, 0.25) is 0 Å². The smallest absolute Gasteiger partial charge is 0.137 e. The minimum Gasteiger partial charge on any atom is -0.370 e. The molecule has 0 N–H and O–H groups in total. The lowest BCUT2D eigenvalue weighted by molar-refractivity contribution is -0.130. The predicted molar refractivity (Wildman–Crippen MR) is 74.0 cm³/mol. The number of nitrogens with zero attached hydrogens (tertiary/aromatic N) is 1. The monoisotopic (exact) mass is 315 g/mol. The van der Waals surface area contributed by atoms with E-state index >= 15 is 0 Å². The van der Waals surface area contributed by atoms with Crippen molar-refractivity contribution in [2.24, 2.45) is 0 Å². The molecule has 0 radical (unpaired) electrons. The summed E-state index contributed by atoms with van der Waals surface area (Å²) in [7, 11) is 0. The first-order chi connectivity index (χ1) is 8.37. The van der Waals surface area contributed by atoms with Crippen LogP contribution in [0.3, 0.4) is 0 Å². The molecule has 1 heterocycles. The summed E-state index contributed by atoms with van der Waals surface area (Å²) >= 11 is 3.32. The molecule has 1 saturated heterocycles. The Morgan fingerprint density at radius 2 is 2.22 bits per heavy atom. The Hall–Kier alpha value is -0.450. The fraction of sp³-hybridized carbons (Fsp3) is 0.571. The van der Waals surface area contributed by atoms with E-state index in [1.807, 2.05) is 6.07 Å². The molecule has 0 saturated carbocycles. The number of rotatable bonds is 2. The maximum Gasteiger partial charge on any atom is 0.137 e. The molecule has 1 aromatic rings. The Morgan fingerprint density at radius 1 is 1.50 bits per heavy atom. The van der Waals surface area contributed by atoms with Crippen molar-refractivity contribution < 1.29 is 9.13 Å². The average molecular weight is 316 g/mol. The van der Waals surface area contributed by atoms with Gasteiger partial charge in [0, 0.05) is 19.6 Å². The highest BCUT2D eigenvalue weighted by Gasteiger charge is 2.31. The van der Waals surface area contributed by atoms with Crippen LogP contribution in [0.25, 0.3) is 0 Å². The number of benzene rings is 1. The zero-order valence-corrected chi connectivity index (χ0v) is 12.6. The summed E-state index contributed by atoms with van der Waals surface area (Å²) in [6.07, 6.45) is 0.209. The van der Waals surface area contributed by atoms with Crippen molar-refractivity contribution in [2.75, 3.05) is 13.1 Å². The fourth-order valence-corrected chi connectivity index (χ4v) is 3.01. The molecule has 1 aromatic carbocycles. The third-order valence-corrected chi connectivity index (χ3v) is 3.95. The molecule has 0 bridgehead atoms. The van der Waals surface area contributed by atoms with Crippen LogP contribution in [0.4, 0.5) is 4.39 Å². The fourth-order valence-electron chi connectivity index (χ4n) is 2.62. The average Bonchev–Trinajstić information content (AvgIpc) is 2.22. The van der Waals surface area contributed by atoms with E-state index in [9.17, 15) is 4.39 Å². The van der Waals surface area contributed by atoms with Gasteiger partial charge in [0.15, 0.2) is 0 Å².